The number of nitrogens with zero attached hydrogens (tertiary/aromatic N) is 2. The van der Waals surface area contributed by atoms with Gasteiger partial charge in [-0.3, -0.25) is 9.59 Å². The average Bonchev–Trinajstić information content (AvgIpc) is 3.25. The number of carbonyl (C=O) groups excluding carboxylic acids is 2. The standard InChI is InChI=1S/C20H26N4O3S/c1-3-9-21-19(26)11-24-20(16-12-28-13-17(16)23-24)22-18(25)10-14-5-7-15(8-6-14)27-4-2/h5-8H,3-4,9-13H2,1-2H3,(H,21,26)(H,22,25). The summed E-state index contributed by atoms with van der Waals surface area (Å²) in [7, 11) is 0. The maximum Gasteiger partial charge on any atom is 0.241 e. The van der Waals surface area contributed by atoms with Crippen LogP contribution in [0.25, 0.3) is 0 Å². The van der Waals surface area contributed by atoms with Gasteiger partial charge in [0.1, 0.15) is 18.1 Å². The van der Waals surface area contributed by atoms with Crippen LogP contribution in [-0.4, -0.2) is 34.7 Å². The number of amides is 2. The van der Waals surface area contributed by atoms with E-state index < -0.39 is 0 Å². The van der Waals surface area contributed by atoms with E-state index in [1.165, 1.54) is 0 Å². The lowest BCUT2D eigenvalue weighted by Crippen LogP contribution is -2.29. The third-order valence-electron chi connectivity index (χ3n) is 4.34. The fraction of sp³-hybridized carbons (Fsp3) is 0.450. The minimum absolute atomic E-state index is 0.0994. The third-order valence-corrected chi connectivity index (χ3v) is 5.31. The van der Waals surface area contributed by atoms with Gasteiger partial charge in [0.05, 0.1) is 18.7 Å². The van der Waals surface area contributed by atoms with Crippen molar-refractivity contribution < 1.29 is 14.3 Å². The molecular formula is C20H26N4O3S. The van der Waals surface area contributed by atoms with Crippen molar-refractivity contribution in [2.45, 2.75) is 44.7 Å². The maximum atomic E-state index is 12.6. The van der Waals surface area contributed by atoms with Crippen LogP contribution in [0.15, 0.2) is 24.3 Å². The summed E-state index contributed by atoms with van der Waals surface area (Å²) in [6.07, 6.45) is 1.13. The average molecular weight is 403 g/mol. The van der Waals surface area contributed by atoms with Crippen LogP contribution in [0.3, 0.4) is 0 Å². The summed E-state index contributed by atoms with van der Waals surface area (Å²) < 4.78 is 7.05. The molecule has 2 heterocycles. The van der Waals surface area contributed by atoms with Crippen LogP contribution < -0.4 is 15.4 Å². The van der Waals surface area contributed by atoms with Crippen LogP contribution in [0.5, 0.6) is 5.75 Å². The van der Waals surface area contributed by atoms with Gasteiger partial charge in [0, 0.05) is 23.6 Å². The molecule has 0 spiro atoms. The Kier molecular flexibility index (Phi) is 6.97. The van der Waals surface area contributed by atoms with E-state index in [1.54, 1.807) is 16.4 Å². The topological polar surface area (TPSA) is 85.3 Å². The Morgan fingerprint density at radius 3 is 2.68 bits per heavy atom. The van der Waals surface area contributed by atoms with E-state index in [9.17, 15) is 9.59 Å². The summed E-state index contributed by atoms with van der Waals surface area (Å²) in [5, 5.41) is 10.4. The molecule has 0 saturated heterocycles. The van der Waals surface area contributed by atoms with Crippen molar-refractivity contribution in [3.63, 3.8) is 0 Å². The van der Waals surface area contributed by atoms with Crippen molar-refractivity contribution in [1.82, 2.24) is 15.1 Å². The van der Waals surface area contributed by atoms with Gasteiger partial charge in [0.15, 0.2) is 0 Å². The second-order valence-corrected chi connectivity index (χ2v) is 7.56. The Hall–Kier alpha value is -2.48. The second-order valence-electron chi connectivity index (χ2n) is 6.58. The van der Waals surface area contributed by atoms with E-state index in [4.69, 9.17) is 4.74 Å². The number of hydrogen-bond donors (Lipinski definition) is 2. The van der Waals surface area contributed by atoms with Crippen molar-refractivity contribution in [3.8, 4) is 5.75 Å². The van der Waals surface area contributed by atoms with Gasteiger partial charge in [-0.15, -0.1) is 0 Å². The van der Waals surface area contributed by atoms with Gasteiger partial charge >= 0.3 is 0 Å². The normalized spacial score (nSPS) is 12.5. The first-order valence-electron chi connectivity index (χ1n) is 9.55. The highest BCUT2D eigenvalue weighted by Gasteiger charge is 2.24. The zero-order valence-electron chi connectivity index (χ0n) is 16.3. The van der Waals surface area contributed by atoms with Crippen LogP contribution >= 0.6 is 11.8 Å². The number of nitrogens with one attached hydrogen (secondary N) is 2. The molecule has 2 N–H and O–H groups in total. The van der Waals surface area contributed by atoms with E-state index in [0.717, 1.165) is 40.5 Å². The second kappa shape index (κ2) is 9.64. The predicted octanol–water partition coefficient (Wildman–Crippen LogP) is 2.74. The van der Waals surface area contributed by atoms with E-state index in [2.05, 4.69) is 15.7 Å². The molecule has 3 rings (SSSR count). The van der Waals surface area contributed by atoms with E-state index in [-0.39, 0.29) is 24.8 Å². The van der Waals surface area contributed by atoms with Crippen LogP contribution in [0, 0.1) is 0 Å². The quantitative estimate of drug-likeness (QED) is 0.674. The molecule has 0 saturated carbocycles. The van der Waals surface area contributed by atoms with Crippen molar-refractivity contribution >= 4 is 29.4 Å². The molecule has 0 aliphatic carbocycles. The largest absolute Gasteiger partial charge is 0.494 e. The molecule has 1 aliphatic heterocycles. The summed E-state index contributed by atoms with van der Waals surface area (Å²) in [6, 6.07) is 7.51. The molecule has 28 heavy (non-hydrogen) atoms. The minimum atomic E-state index is -0.126. The first-order valence-corrected chi connectivity index (χ1v) is 10.7. The Bertz CT molecular complexity index is 833. The summed E-state index contributed by atoms with van der Waals surface area (Å²) in [6.45, 7) is 5.29. The number of thioether (sulfide) groups is 1. The van der Waals surface area contributed by atoms with Crippen molar-refractivity contribution in [3.05, 3.63) is 41.1 Å². The molecule has 0 radical (unpaired) electrons. The van der Waals surface area contributed by atoms with Gasteiger partial charge in [0.2, 0.25) is 11.8 Å². The lowest BCUT2D eigenvalue weighted by atomic mass is 10.1. The Balaban J connectivity index is 1.68. The zero-order chi connectivity index (χ0) is 19.9. The van der Waals surface area contributed by atoms with E-state index >= 15 is 0 Å². The van der Waals surface area contributed by atoms with Crippen LogP contribution in [0.2, 0.25) is 0 Å². The molecule has 2 amide bonds. The Morgan fingerprint density at radius 1 is 1.18 bits per heavy atom. The van der Waals surface area contributed by atoms with Gasteiger partial charge in [-0.25, -0.2) is 4.68 Å². The molecule has 2 aromatic rings. The summed E-state index contributed by atoms with van der Waals surface area (Å²) in [5.41, 5.74) is 2.87. The molecule has 0 atom stereocenters. The zero-order valence-corrected chi connectivity index (χ0v) is 17.1. The number of aromatic nitrogens is 2. The van der Waals surface area contributed by atoms with E-state index in [1.807, 2.05) is 38.1 Å². The molecule has 7 nitrogen and oxygen atoms in total. The number of rotatable bonds is 9. The number of anilines is 1. The first kappa shape index (κ1) is 20.3. The van der Waals surface area contributed by atoms with Gasteiger partial charge in [-0.05, 0) is 31.0 Å². The SMILES string of the molecule is CCCNC(=O)Cn1nc2c(c1NC(=O)Cc1ccc(OCC)cc1)CSC2. The van der Waals surface area contributed by atoms with Gasteiger partial charge in [-0.1, -0.05) is 19.1 Å². The van der Waals surface area contributed by atoms with Gasteiger partial charge < -0.3 is 15.4 Å². The lowest BCUT2D eigenvalue weighted by Gasteiger charge is -2.11. The highest BCUT2D eigenvalue weighted by atomic mass is 32.2. The predicted molar refractivity (Wildman–Crippen MR) is 110 cm³/mol. The molecule has 1 aromatic heterocycles. The van der Waals surface area contributed by atoms with Crippen molar-refractivity contribution in [1.29, 1.82) is 0 Å². The third kappa shape index (κ3) is 5.07. The van der Waals surface area contributed by atoms with Crippen molar-refractivity contribution in [2.75, 3.05) is 18.5 Å². The maximum absolute atomic E-state index is 12.6. The number of carbonyl (C=O) groups is 2. The number of benzene rings is 1. The number of ether oxygens (including phenoxy) is 1. The molecular weight excluding hydrogens is 376 g/mol. The molecule has 150 valence electrons. The summed E-state index contributed by atoms with van der Waals surface area (Å²) >= 11 is 1.76. The smallest absolute Gasteiger partial charge is 0.241 e. The van der Waals surface area contributed by atoms with Crippen LogP contribution in [-0.2, 0) is 34.1 Å². The summed E-state index contributed by atoms with van der Waals surface area (Å²) in [5.74, 6) is 2.81. The van der Waals surface area contributed by atoms with Gasteiger partial charge in [-0.2, -0.15) is 16.9 Å². The fourth-order valence-electron chi connectivity index (χ4n) is 3.01. The molecule has 1 aromatic carbocycles. The Morgan fingerprint density at radius 2 is 1.96 bits per heavy atom. The lowest BCUT2D eigenvalue weighted by molar-refractivity contribution is -0.122. The first-order chi connectivity index (χ1) is 13.6. The highest BCUT2D eigenvalue weighted by Crippen LogP contribution is 2.34. The van der Waals surface area contributed by atoms with Crippen molar-refractivity contribution in [2.24, 2.45) is 0 Å². The van der Waals surface area contributed by atoms with Crippen LogP contribution in [0.4, 0.5) is 5.82 Å². The van der Waals surface area contributed by atoms with Crippen LogP contribution in [0.1, 0.15) is 37.1 Å². The fourth-order valence-corrected chi connectivity index (χ4v) is 4.04. The molecule has 0 bridgehead atoms. The Labute approximate surface area is 169 Å². The molecule has 1 aliphatic rings. The number of hydrogen-bond acceptors (Lipinski definition) is 5. The highest BCUT2D eigenvalue weighted by molar-refractivity contribution is 7.98. The molecule has 8 heteroatoms. The van der Waals surface area contributed by atoms with E-state index in [0.29, 0.717) is 19.0 Å². The molecule has 0 unspecified atom stereocenters. The number of fused-ring (bicyclic) bond motifs is 1. The monoisotopic (exact) mass is 402 g/mol. The minimum Gasteiger partial charge on any atom is -0.494 e. The molecule has 0 fully saturated rings. The summed E-state index contributed by atoms with van der Waals surface area (Å²) in [4.78, 5) is 24.7. The van der Waals surface area contributed by atoms with Gasteiger partial charge in [0.25, 0.3) is 0 Å².